The van der Waals surface area contributed by atoms with E-state index >= 15 is 0 Å². The summed E-state index contributed by atoms with van der Waals surface area (Å²) in [5.74, 6) is -0.374. The molecule has 3 rings (SSSR count). The Morgan fingerprint density at radius 2 is 1.82 bits per heavy atom. The van der Waals surface area contributed by atoms with E-state index in [2.05, 4.69) is 0 Å². The van der Waals surface area contributed by atoms with Crippen LogP contribution >= 0.6 is 0 Å². The van der Waals surface area contributed by atoms with E-state index in [1.165, 1.54) is 12.0 Å². The van der Waals surface area contributed by atoms with Gasteiger partial charge in [-0.1, -0.05) is 42.5 Å². The molecular weight excluding hydrogens is 358 g/mol. The fourth-order valence-corrected chi connectivity index (χ4v) is 3.25. The molecule has 0 heterocycles. The number of carbonyl (C=O) groups excluding carboxylic acids is 1. The lowest BCUT2D eigenvalue weighted by atomic mass is 10.1. The molecule has 1 aliphatic carbocycles. The summed E-state index contributed by atoms with van der Waals surface area (Å²) in [6.45, 7) is 0.826. The van der Waals surface area contributed by atoms with Crippen LogP contribution in [0.15, 0.2) is 54.6 Å². The second-order valence-corrected chi connectivity index (χ2v) is 6.94. The standard InChI is InChI=1S/C22H25NO5/c1-27-12-11-23(14-21(24)25)22(26)20-13-19(20)17-7-9-18(10-8-17)28-15-16-5-3-2-4-6-16/h2-10,19-20H,11-15H2,1H3,(H,24,25). The van der Waals surface area contributed by atoms with Crippen molar-refractivity contribution in [1.29, 1.82) is 0 Å². The van der Waals surface area contributed by atoms with Crippen molar-refractivity contribution in [3.05, 3.63) is 65.7 Å². The van der Waals surface area contributed by atoms with Crippen molar-refractivity contribution in [2.45, 2.75) is 18.9 Å². The highest BCUT2D eigenvalue weighted by molar-refractivity contribution is 5.86. The summed E-state index contributed by atoms with van der Waals surface area (Å²) in [5, 5.41) is 9.03. The van der Waals surface area contributed by atoms with Gasteiger partial charge in [-0.3, -0.25) is 9.59 Å². The minimum Gasteiger partial charge on any atom is -0.489 e. The molecule has 1 N–H and O–H groups in total. The zero-order valence-electron chi connectivity index (χ0n) is 15.9. The summed E-state index contributed by atoms with van der Waals surface area (Å²) >= 11 is 0. The minimum absolute atomic E-state index is 0.117. The zero-order valence-corrected chi connectivity index (χ0v) is 15.9. The van der Waals surface area contributed by atoms with Gasteiger partial charge in [-0.2, -0.15) is 0 Å². The van der Waals surface area contributed by atoms with Crippen LogP contribution < -0.4 is 4.74 Å². The van der Waals surface area contributed by atoms with E-state index in [0.29, 0.717) is 13.2 Å². The topological polar surface area (TPSA) is 76.1 Å². The van der Waals surface area contributed by atoms with Crippen molar-refractivity contribution in [2.24, 2.45) is 5.92 Å². The maximum atomic E-state index is 12.6. The molecule has 2 aromatic carbocycles. The first-order chi connectivity index (χ1) is 13.6. The van der Waals surface area contributed by atoms with Gasteiger partial charge in [0.05, 0.1) is 6.61 Å². The quantitative estimate of drug-likeness (QED) is 0.683. The average Bonchev–Trinajstić information content (AvgIpc) is 3.51. The summed E-state index contributed by atoms with van der Waals surface area (Å²) in [5.41, 5.74) is 2.18. The number of carboxylic acids is 1. The Bertz CT molecular complexity index is 790. The summed E-state index contributed by atoms with van der Waals surface area (Å²) in [6.07, 6.45) is 0.742. The van der Waals surface area contributed by atoms with E-state index in [0.717, 1.165) is 23.3 Å². The Morgan fingerprint density at radius 3 is 2.46 bits per heavy atom. The largest absolute Gasteiger partial charge is 0.489 e. The van der Waals surface area contributed by atoms with E-state index in [4.69, 9.17) is 14.6 Å². The molecule has 0 bridgehead atoms. The number of nitrogens with zero attached hydrogens (tertiary/aromatic N) is 1. The first-order valence-corrected chi connectivity index (χ1v) is 9.34. The summed E-state index contributed by atoms with van der Waals surface area (Å²) < 4.78 is 10.8. The number of hydrogen-bond acceptors (Lipinski definition) is 4. The van der Waals surface area contributed by atoms with Crippen LogP contribution in [0.2, 0.25) is 0 Å². The van der Waals surface area contributed by atoms with Crippen LogP contribution in [-0.4, -0.2) is 48.7 Å². The van der Waals surface area contributed by atoms with Crippen molar-refractivity contribution in [3.8, 4) is 5.75 Å². The van der Waals surface area contributed by atoms with Gasteiger partial charge in [-0.25, -0.2) is 0 Å². The van der Waals surface area contributed by atoms with Crippen molar-refractivity contribution in [2.75, 3.05) is 26.8 Å². The molecule has 1 amide bonds. The van der Waals surface area contributed by atoms with Crippen LogP contribution in [0.3, 0.4) is 0 Å². The Hall–Kier alpha value is -2.86. The van der Waals surface area contributed by atoms with E-state index in [1.807, 2.05) is 54.6 Å². The molecule has 6 heteroatoms. The Balaban J connectivity index is 1.54. The van der Waals surface area contributed by atoms with Gasteiger partial charge in [0, 0.05) is 19.6 Å². The fourth-order valence-electron chi connectivity index (χ4n) is 3.25. The van der Waals surface area contributed by atoms with Gasteiger partial charge in [0.15, 0.2) is 0 Å². The number of carboxylic acid groups (broad SMARTS) is 1. The SMILES string of the molecule is COCCN(CC(=O)O)C(=O)C1CC1c1ccc(OCc2ccccc2)cc1. The van der Waals surface area contributed by atoms with Crippen molar-refractivity contribution in [3.63, 3.8) is 0 Å². The van der Waals surface area contributed by atoms with Gasteiger partial charge in [0.1, 0.15) is 18.9 Å². The summed E-state index contributed by atoms with van der Waals surface area (Å²) in [6, 6.07) is 17.7. The molecule has 148 valence electrons. The second-order valence-electron chi connectivity index (χ2n) is 6.94. The molecule has 28 heavy (non-hydrogen) atoms. The van der Waals surface area contributed by atoms with Gasteiger partial charge in [0.2, 0.25) is 5.91 Å². The minimum atomic E-state index is -1.01. The third-order valence-corrected chi connectivity index (χ3v) is 4.87. The van der Waals surface area contributed by atoms with E-state index in [1.54, 1.807) is 0 Å². The number of hydrogen-bond donors (Lipinski definition) is 1. The maximum Gasteiger partial charge on any atom is 0.323 e. The Kier molecular flexibility index (Phi) is 6.66. The molecule has 1 saturated carbocycles. The first kappa shape index (κ1) is 19.9. The van der Waals surface area contributed by atoms with Gasteiger partial charge in [0.25, 0.3) is 0 Å². The third kappa shape index (κ3) is 5.33. The third-order valence-electron chi connectivity index (χ3n) is 4.87. The lowest BCUT2D eigenvalue weighted by molar-refractivity contribution is -0.145. The van der Waals surface area contributed by atoms with E-state index in [9.17, 15) is 9.59 Å². The number of amides is 1. The van der Waals surface area contributed by atoms with Crippen LogP contribution in [-0.2, 0) is 20.9 Å². The van der Waals surface area contributed by atoms with Crippen LogP contribution in [0.4, 0.5) is 0 Å². The smallest absolute Gasteiger partial charge is 0.323 e. The van der Waals surface area contributed by atoms with Crippen LogP contribution in [0.5, 0.6) is 5.75 Å². The number of methoxy groups -OCH3 is 1. The monoisotopic (exact) mass is 383 g/mol. The highest BCUT2D eigenvalue weighted by Gasteiger charge is 2.45. The molecule has 0 aromatic heterocycles. The number of rotatable bonds is 10. The molecule has 2 unspecified atom stereocenters. The first-order valence-electron chi connectivity index (χ1n) is 9.34. The second kappa shape index (κ2) is 9.37. The number of benzene rings is 2. The molecule has 0 aliphatic heterocycles. The summed E-state index contributed by atoms with van der Waals surface area (Å²) in [4.78, 5) is 25.0. The van der Waals surface area contributed by atoms with E-state index in [-0.39, 0.29) is 30.8 Å². The molecule has 2 atom stereocenters. The molecule has 0 spiro atoms. The molecule has 1 aliphatic rings. The predicted octanol–water partition coefficient (Wildman–Crippen LogP) is 2.93. The maximum absolute atomic E-state index is 12.6. The average molecular weight is 383 g/mol. The van der Waals surface area contributed by atoms with Crippen LogP contribution in [0.25, 0.3) is 0 Å². The molecule has 0 radical (unpaired) electrons. The van der Waals surface area contributed by atoms with Crippen molar-refractivity contribution >= 4 is 11.9 Å². The molecule has 2 aromatic rings. The molecular formula is C22H25NO5. The van der Waals surface area contributed by atoms with Crippen molar-refractivity contribution < 1.29 is 24.2 Å². The normalized spacial score (nSPS) is 17.8. The van der Waals surface area contributed by atoms with Crippen LogP contribution in [0, 0.1) is 5.92 Å². The predicted molar refractivity (Wildman–Crippen MR) is 104 cm³/mol. The van der Waals surface area contributed by atoms with Gasteiger partial charge >= 0.3 is 5.97 Å². The molecule has 6 nitrogen and oxygen atoms in total. The van der Waals surface area contributed by atoms with Gasteiger partial charge in [-0.05, 0) is 35.6 Å². The lowest BCUT2D eigenvalue weighted by Gasteiger charge is -2.20. The number of ether oxygens (including phenoxy) is 2. The Morgan fingerprint density at radius 1 is 1.11 bits per heavy atom. The fraction of sp³-hybridized carbons (Fsp3) is 0.364. The molecule has 1 fully saturated rings. The van der Waals surface area contributed by atoms with Gasteiger partial charge < -0.3 is 19.5 Å². The number of aliphatic carboxylic acids is 1. The van der Waals surface area contributed by atoms with Crippen LogP contribution in [0.1, 0.15) is 23.5 Å². The zero-order chi connectivity index (χ0) is 19.9. The van der Waals surface area contributed by atoms with E-state index < -0.39 is 5.97 Å². The summed E-state index contributed by atoms with van der Waals surface area (Å²) in [7, 11) is 1.53. The highest BCUT2D eigenvalue weighted by Crippen LogP contribution is 2.48. The van der Waals surface area contributed by atoms with Gasteiger partial charge in [-0.15, -0.1) is 0 Å². The highest BCUT2D eigenvalue weighted by atomic mass is 16.5. The van der Waals surface area contributed by atoms with Crippen molar-refractivity contribution in [1.82, 2.24) is 4.90 Å². The number of carbonyl (C=O) groups is 2. The Labute approximate surface area is 164 Å². The lowest BCUT2D eigenvalue weighted by Crippen LogP contribution is -2.39. The molecule has 0 saturated heterocycles.